The van der Waals surface area contributed by atoms with Gasteiger partial charge in [0.25, 0.3) is 0 Å². The summed E-state index contributed by atoms with van der Waals surface area (Å²) < 4.78 is 17.0. The van der Waals surface area contributed by atoms with Crippen LogP contribution < -0.4 is 9.80 Å². The molecule has 4 heteroatoms. The van der Waals surface area contributed by atoms with Crippen molar-refractivity contribution < 1.29 is 4.39 Å². The van der Waals surface area contributed by atoms with Crippen LogP contribution in [0.3, 0.4) is 0 Å². The van der Waals surface area contributed by atoms with Gasteiger partial charge in [-0.25, -0.2) is 4.39 Å². The maximum Gasteiger partial charge on any atom is 0.123 e. The average molecular weight is 828 g/mol. The van der Waals surface area contributed by atoms with Crippen LogP contribution in [0.2, 0.25) is 0 Å². The van der Waals surface area contributed by atoms with Crippen LogP contribution in [-0.4, -0.2) is 4.57 Å². The van der Waals surface area contributed by atoms with Crippen LogP contribution in [-0.2, 0) is 10.8 Å². The Morgan fingerprint density at radius 3 is 1.61 bits per heavy atom. The molecule has 64 heavy (non-hydrogen) atoms. The number of para-hydroxylation sites is 3. The van der Waals surface area contributed by atoms with E-state index in [1.165, 1.54) is 44.5 Å². The smallest absolute Gasteiger partial charge is 0.123 e. The first-order valence-electron chi connectivity index (χ1n) is 22.2. The highest BCUT2D eigenvalue weighted by Gasteiger charge is 2.37. The van der Waals surface area contributed by atoms with E-state index in [9.17, 15) is 4.39 Å². The molecule has 0 radical (unpaired) electrons. The van der Waals surface area contributed by atoms with Crippen molar-refractivity contribution in [1.82, 2.24) is 4.57 Å². The van der Waals surface area contributed by atoms with E-state index in [-0.39, 0.29) is 16.6 Å². The van der Waals surface area contributed by atoms with Crippen molar-refractivity contribution in [2.45, 2.75) is 38.5 Å². The normalized spacial score (nSPS) is 14.0. The molecule has 0 saturated heterocycles. The zero-order chi connectivity index (χ0) is 43.3. The zero-order valence-corrected chi connectivity index (χ0v) is 36.3. The molecular weight excluding hydrogens is 782 g/mol. The summed E-state index contributed by atoms with van der Waals surface area (Å²) in [5, 5.41) is 2.22. The van der Waals surface area contributed by atoms with Crippen LogP contribution in [0.4, 0.5) is 38.5 Å². The molecule has 2 aliphatic carbocycles. The van der Waals surface area contributed by atoms with E-state index in [0.29, 0.717) is 0 Å². The molecule has 9 aromatic carbocycles. The molecule has 10 aromatic rings. The number of anilines is 6. The van der Waals surface area contributed by atoms with Crippen LogP contribution in [0, 0.1) is 5.82 Å². The average Bonchev–Trinajstić information content (AvgIpc) is 3.87. The number of hydrogen-bond acceptors (Lipinski definition) is 2. The topological polar surface area (TPSA) is 11.4 Å². The maximum atomic E-state index is 14.7. The van der Waals surface area contributed by atoms with Crippen LogP contribution in [0.15, 0.2) is 206 Å². The number of fused-ring (bicyclic) bond motifs is 9. The summed E-state index contributed by atoms with van der Waals surface area (Å²) in [5.41, 5.74) is 19.4. The lowest BCUT2D eigenvalue weighted by atomic mass is 9.82. The molecular formula is C60H46FN3. The standard InChI is InChI=1S/C60H46FN3/c1-59(2)52-25-15-12-22-47(52)50-35-43(32-34-53(50)59)63(41-19-9-6-10-20-41)56-37-45(38-57-58(56)49-23-13-16-26-55(49)64(57)42-29-27-39(61)28-30-42)62(40-17-7-5-8-18-40)44-31-33-48-46-21-11-14-24-51(46)60(3,4)54(48)36-44/h5-38H,1-4H3. The molecule has 0 saturated carbocycles. The SMILES string of the molecule is CC1(C)c2ccccc2-c2cc(N(c3ccccc3)c3cc(N(c4ccccc4)c4ccc5c(c4)C(C)(C)c4ccccc4-5)cc4c3c3ccccc3n4-c3ccc(F)cc3)ccc21. The molecule has 3 nitrogen and oxygen atoms in total. The third-order valence-electron chi connectivity index (χ3n) is 14.0. The molecule has 0 atom stereocenters. The molecule has 2 aliphatic rings. The van der Waals surface area contributed by atoms with E-state index in [1.54, 1.807) is 12.1 Å². The maximum absolute atomic E-state index is 14.7. The van der Waals surface area contributed by atoms with Gasteiger partial charge in [-0.3, -0.25) is 0 Å². The van der Waals surface area contributed by atoms with E-state index < -0.39 is 0 Å². The van der Waals surface area contributed by atoms with Gasteiger partial charge in [0.2, 0.25) is 0 Å². The minimum atomic E-state index is -0.264. The minimum absolute atomic E-state index is 0.125. The number of aromatic nitrogens is 1. The summed E-state index contributed by atoms with van der Waals surface area (Å²) in [7, 11) is 0. The number of benzene rings is 9. The second-order valence-corrected chi connectivity index (χ2v) is 18.3. The van der Waals surface area contributed by atoms with Gasteiger partial charge in [0.1, 0.15) is 5.82 Å². The molecule has 1 aromatic heterocycles. The molecule has 308 valence electrons. The van der Waals surface area contributed by atoms with Crippen LogP contribution >= 0.6 is 0 Å². The van der Waals surface area contributed by atoms with Gasteiger partial charge >= 0.3 is 0 Å². The van der Waals surface area contributed by atoms with Gasteiger partial charge < -0.3 is 14.4 Å². The molecule has 0 bridgehead atoms. The Bertz CT molecular complexity index is 3450. The summed E-state index contributed by atoms with van der Waals surface area (Å²) in [6.45, 7) is 9.35. The summed E-state index contributed by atoms with van der Waals surface area (Å²) in [4.78, 5) is 4.84. The molecule has 0 fully saturated rings. The van der Waals surface area contributed by atoms with Crippen molar-refractivity contribution in [2.24, 2.45) is 0 Å². The Hall–Kier alpha value is -7.69. The Labute approximate surface area is 373 Å². The van der Waals surface area contributed by atoms with E-state index in [1.807, 2.05) is 12.1 Å². The van der Waals surface area contributed by atoms with Gasteiger partial charge in [-0.05, 0) is 136 Å². The lowest BCUT2D eigenvalue weighted by Gasteiger charge is -2.31. The number of nitrogens with zero attached hydrogens (tertiary/aromatic N) is 3. The zero-order valence-electron chi connectivity index (χ0n) is 36.3. The first-order valence-corrected chi connectivity index (χ1v) is 22.2. The van der Waals surface area contributed by atoms with Crippen molar-refractivity contribution >= 4 is 55.9 Å². The summed E-state index contributed by atoms with van der Waals surface area (Å²) >= 11 is 0. The van der Waals surface area contributed by atoms with Crippen LogP contribution in [0.1, 0.15) is 49.9 Å². The minimum Gasteiger partial charge on any atom is -0.310 e. The molecule has 0 N–H and O–H groups in total. The quantitative estimate of drug-likeness (QED) is 0.159. The van der Waals surface area contributed by atoms with Gasteiger partial charge in [0.05, 0.1) is 22.4 Å². The Kier molecular flexibility index (Phi) is 8.42. The summed E-state index contributed by atoms with van der Waals surface area (Å²) in [6.07, 6.45) is 0. The predicted octanol–water partition coefficient (Wildman–Crippen LogP) is 16.5. The van der Waals surface area contributed by atoms with E-state index >= 15 is 0 Å². The Morgan fingerprint density at radius 2 is 0.906 bits per heavy atom. The second-order valence-electron chi connectivity index (χ2n) is 18.3. The van der Waals surface area contributed by atoms with E-state index in [0.717, 1.165) is 61.6 Å². The molecule has 1 heterocycles. The van der Waals surface area contributed by atoms with Gasteiger partial charge in [-0.15, -0.1) is 0 Å². The summed E-state index contributed by atoms with van der Waals surface area (Å²) in [6, 6.07) is 73.3. The third kappa shape index (κ3) is 5.65. The number of rotatable bonds is 7. The highest BCUT2D eigenvalue weighted by Crippen LogP contribution is 2.54. The van der Waals surface area contributed by atoms with Crippen molar-refractivity contribution in [1.29, 1.82) is 0 Å². The third-order valence-corrected chi connectivity index (χ3v) is 14.0. The first kappa shape index (κ1) is 38.0. The molecule has 12 rings (SSSR count). The highest BCUT2D eigenvalue weighted by molar-refractivity contribution is 6.18. The van der Waals surface area contributed by atoms with Crippen LogP contribution in [0.5, 0.6) is 0 Å². The number of halogens is 1. The summed E-state index contributed by atoms with van der Waals surface area (Å²) in [5.74, 6) is -0.264. The van der Waals surface area contributed by atoms with E-state index in [2.05, 4.69) is 224 Å². The van der Waals surface area contributed by atoms with Gasteiger partial charge in [0, 0.05) is 50.0 Å². The second kappa shape index (κ2) is 14.2. The van der Waals surface area contributed by atoms with Crippen molar-refractivity contribution in [2.75, 3.05) is 9.80 Å². The number of hydrogen-bond donors (Lipinski definition) is 0. The molecule has 0 aliphatic heterocycles. The fourth-order valence-electron chi connectivity index (χ4n) is 10.9. The van der Waals surface area contributed by atoms with Gasteiger partial charge in [-0.1, -0.05) is 143 Å². The molecule has 0 spiro atoms. The molecule has 0 amide bonds. The Morgan fingerprint density at radius 1 is 0.375 bits per heavy atom. The Balaban J connectivity index is 1.18. The lowest BCUT2D eigenvalue weighted by molar-refractivity contribution is 0.627. The molecule has 0 unspecified atom stereocenters. The largest absolute Gasteiger partial charge is 0.310 e. The van der Waals surface area contributed by atoms with Gasteiger partial charge in [0.15, 0.2) is 0 Å². The fourth-order valence-corrected chi connectivity index (χ4v) is 10.9. The monoisotopic (exact) mass is 827 g/mol. The predicted molar refractivity (Wildman–Crippen MR) is 265 cm³/mol. The fraction of sp³-hybridized carbons (Fsp3) is 0.100. The van der Waals surface area contributed by atoms with Crippen molar-refractivity contribution in [3.05, 3.63) is 234 Å². The highest BCUT2D eigenvalue weighted by atomic mass is 19.1. The lowest BCUT2D eigenvalue weighted by Crippen LogP contribution is -2.17. The van der Waals surface area contributed by atoms with Crippen molar-refractivity contribution in [3.8, 4) is 27.9 Å². The van der Waals surface area contributed by atoms with E-state index in [4.69, 9.17) is 0 Å². The first-order chi connectivity index (χ1) is 31.2. The van der Waals surface area contributed by atoms with Crippen LogP contribution in [0.25, 0.3) is 49.7 Å². The van der Waals surface area contributed by atoms with Gasteiger partial charge in [-0.2, -0.15) is 0 Å². The van der Waals surface area contributed by atoms with Crippen molar-refractivity contribution in [3.63, 3.8) is 0 Å².